The number of anilines is 1. The third kappa shape index (κ3) is 2.91. The number of nitrogens with one attached hydrogen (secondary N) is 1. The van der Waals surface area contributed by atoms with Crippen LogP contribution in [-0.2, 0) is 4.57 Å². The number of benzene rings is 2. The number of aryl methyl sites for hydroxylation is 1. The fourth-order valence-corrected chi connectivity index (χ4v) is 7.04. The molecule has 4 rings (SSSR count). The predicted octanol–water partition coefficient (Wildman–Crippen LogP) is 4.53. The van der Waals surface area contributed by atoms with E-state index in [1.807, 2.05) is 72.3 Å². The van der Waals surface area contributed by atoms with Crippen LogP contribution in [-0.4, -0.2) is 15.5 Å². The van der Waals surface area contributed by atoms with Crippen LogP contribution in [0.1, 0.15) is 32.1 Å². The molecule has 28 heavy (non-hydrogen) atoms. The summed E-state index contributed by atoms with van der Waals surface area (Å²) in [5, 5.41) is 10.9. The molecule has 1 N–H and O–H groups in total. The van der Waals surface area contributed by atoms with Gasteiger partial charge >= 0.3 is 0 Å². The number of nitrogens with zero attached hydrogens (tertiary/aromatic N) is 3. The summed E-state index contributed by atoms with van der Waals surface area (Å²) < 4.78 is 16.9. The number of hydrazone groups is 1. The SMILES string of the molecule is Cc1cnn2c1NN=C(C(C)(C)C)C2P(=O)(c1ccccc1)c1ccccc1. The lowest BCUT2D eigenvalue weighted by atomic mass is 9.89. The normalized spacial score (nSPS) is 16.9. The Morgan fingerprint density at radius 2 is 1.50 bits per heavy atom. The third-order valence-electron chi connectivity index (χ3n) is 5.13. The van der Waals surface area contributed by atoms with Gasteiger partial charge in [-0.25, -0.2) is 4.68 Å². The lowest BCUT2D eigenvalue weighted by Gasteiger charge is -2.37. The Hall–Kier alpha value is -2.65. The molecule has 2 heterocycles. The summed E-state index contributed by atoms with van der Waals surface area (Å²) in [6, 6.07) is 19.5. The maximum Gasteiger partial charge on any atom is 0.172 e. The number of hydrogen-bond donors (Lipinski definition) is 1. The molecule has 1 aliphatic rings. The molecule has 0 radical (unpaired) electrons. The minimum absolute atomic E-state index is 0.283. The third-order valence-corrected chi connectivity index (χ3v) is 8.41. The van der Waals surface area contributed by atoms with E-state index in [1.165, 1.54) is 0 Å². The maximum absolute atomic E-state index is 15.0. The quantitative estimate of drug-likeness (QED) is 0.666. The van der Waals surface area contributed by atoms with Crippen LogP contribution in [0, 0.1) is 12.3 Å². The number of fused-ring (bicyclic) bond motifs is 1. The fourth-order valence-electron chi connectivity index (χ4n) is 3.67. The van der Waals surface area contributed by atoms with Crippen molar-refractivity contribution in [2.45, 2.75) is 33.5 Å². The molecule has 0 fully saturated rings. The minimum atomic E-state index is -3.14. The zero-order valence-electron chi connectivity index (χ0n) is 16.6. The molecular formula is C22H25N4OP. The number of aromatic nitrogens is 2. The Kier molecular flexibility index (Phi) is 4.51. The van der Waals surface area contributed by atoms with E-state index >= 15 is 4.57 Å². The lowest BCUT2D eigenvalue weighted by Crippen LogP contribution is -2.39. The van der Waals surface area contributed by atoms with E-state index < -0.39 is 12.9 Å². The van der Waals surface area contributed by atoms with Crippen molar-refractivity contribution in [2.75, 3.05) is 5.43 Å². The van der Waals surface area contributed by atoms with Gasteiger partial charge in [0.1, 0.15) is 5.82 Å². The van der Waals surface area contributed by atoms with Crippen molar-refractivity contribution >= 4 is 29.3 Å². The number of rotatable bonds is 3. The summed E-state index contributed by atoms with van der Waals surface area (Å²) in [6.45, 7) is 8.28. The highest BCUT2D eigenvalue weighted by molar-refractivity contribution is 7.79. The highest BCUT2D eigenvalue weighted by Crippen LogP contribution is 2.58. The van der Waals surface area contributed by atoms with Crippen LogP contribution >= 0.6 is 7.14 Å². The van der Waals surface area contributed by atoms with Crippen molar-refractivity contribution < 1.29 is 4.57 Å². The summed E-state index contributed by atoms with van der Waals surface area (Å²) in [5.74, 6) is 0.312. The van der Waals surface area contributed by atoms with Crippen LogP contribution in [0.4, 0.5) is 5.82 Å². The molecule has 0 spiro atoms. The lowest BCUT2D eigenvalue weighted by molar-refractivity contribution is 0.522. The van der Waals surface area contributed by atoms with Crippen LogP contribution < -0.4 is 16.0 Å². The predicted molar refractivity (Wildman–Crippen MR) is 116 cm³/mol. The summed E-state index contributed by atoms with van der Waals surface area (Å²) in [4.78, 5) is 0. The molecule has 5 nitrogen and oxygen atoms in total. The number of hydrogen-bond acceptors (Lipinski definition) is 4. The van der Waals surface area contributed by atoms with Gasteiger partial charge in [0.25, 0.3) is 0 Å². The van der Waals surface area contributed by atoms with Gasteiger partial charge in [0.2, 0.25) is 0 Å². The molecule has 6 heteroatoms. The maximum atomic E-state index is 15.0. The standard InChI is InChI=1S/C22H25N4OP/c1-16-15-23-26-20(16)25-24-19(22(2,3)4)21(26)28(27,17-11-7-5-8-12-17)18-13-9-6-10-14-18/h5-15,21,25H,1-4H3. The Labute approximate surface area is 165 Å². The van der Waals surface area contributed by atoms with Crippen molar-refractivity contribution in [1.82, 2.24) is 9.78 Å². The van der Waals surface area contributed by atoms with Gasteiger partial charge in [-0.3, -0.25) is 5.43 Å². The minimum Gasteiger partial charge on any atom is -0.311 e. The zero-order valence-corrected chi connectivity index (χ0v) is 17.5. The first-order valence-electron chi connectivity index (χ1n) is 9.42. The molecule has 144 valence electrons. The molecule has 1 aliphatic heterocycles. The first kappa shape index (κ1) is 18.7. The van der Waals surface area contributed by atoms with E-state index in [0.717, 1.165) is 27.7 Å². The molecule has 0 aliphatic carbocycles. The average molecular weight is 392 g/mol. The fraction of sp³-hybridized carbons (Fsp3) is 0.273. The van der Waals surface area contributed by atoms with Gasteiger partial charge in [-0.1, -0.05) is 81.4 Å². The largest absolute Gasteiger partial charge is 0.311 e. The highest BCUT2D eigenvalue weighted by Gasteiger charge is 2.47. The van der Waals surface area contributed by atoms with E-state index in [-0.39, 0.29) is 5.41 Å². The first-order chi connectivity index (χ1) is 13.3. The summed E-state index contributed by atoms with van der Waals surface area (Å²) in [6.07, 6.45) is 1.80. The molecule has 0 saturated carbocycles. The van der Waals surface area contributed by atoms with Crippen LogP contribution in [0.25, 0.3) is 0 Å². The second-order valence-electron chi connectivity index (χ2n) is 8.18. The van der Waals surface area contributed by atoms with Crippen LogP contribution in [0.3, 0.4) is 0 Å². The molecule has 3 aromatic rings. The van der Waals surface area contributed by atoms with Gasteiger partial charge in [0, 0.05) is 21.6 Å². The smallest absolute Gasteiger partial charge is 0.172 e. The second-order valence-corrected chi connectivity index (χ2v) is 11.0. The zero-order chi connectivity index (χ0) is 19.9. The van der Waals surface area contributed by atoms with E-state index in [9.17, 15) is 0 Å². The molecule has 0 saturated heterocycles. The highest BCUT2D eigenvalue weighted by atomic mass is 31.2. The molecule has 0 bridgehead atoms. The van der Waals surface area contributed by atoms with Crippen molar-refractivity contribution in [3.8, 4) is 0 Å². The van der Waals surface area contributed by atoms with Gasteiger partial charge in [-0.05, 0) is 6.92 Å². The van der Waals surface area contributed by atoms with Gasteiger partial charge in [-0.15, -0.1) is 0 Å². The summed E-state index contributed by atoms with van der Waals surface area (Å²) in [5.41, 5.74) is 4.67. The van der Waals surface area contributed by atoms with Crippen LogP contribution in [0.5, 0.6) is 0 Å². The molecule has 1 atom stereocenters. The van der Waals surface area contributed by atoms with Gasteiger partial charge in [0.05, 0.1) is 11.9 Å². The van der Waals surface area contributed by atoms with Crippen molar-refractivity contribution in [2.24, 2.45) is 10.5 Å². The molecule has 0 amide bonds. The van der Waals surface area contributed by atoms with Crippen molar-refractivity contribution in [3.63, 3.8) is 0 Å². The average Bonchev–Trinajstić information content (AvgIpc) is 3.08. The summed E-state index contributed by atoms with van der Waals surface area (Å²) in [7, 11) is -3.14. The Morgan fingerprint density at radius 1 is 0.964 bits per heavy atom. The van der Waals surface area contributed by atoms with Crippen LogP contribution in [0.2, 0.25) is 0 Å². The van der Waals surface area contributed by atoms with Gasteiger partial charge in [-0.2, -0.15) is 10.2 Å². The van der Waals surface area contributed by atoms with Gasteiger partial charge < -0.3 is 4.57 Å². The van der Waals surface area contributed by atoms with E-state index in [2.05, 4.69) is 31.3 Å². The topological polar surface area (TPSA) is 59.3 Å². The van der Waals surface area contributed by atoms with Crippen molar-refractivity contribution in [3.05, 3.63) is 72.4 Å². The summed E-state index contributed by atoms with van der Waals surface area (Å²) >= 11 is 0. The molecule has 2 aromatic carbocycles. The van der Waals surface area contributed by atoms with Crippen LogP contribution in [0.15, 0.2) is 72.0 Å². The van der Waals surface area contributed by atoms with E-state index in [4.69, 9.17) is 5.10 Å². The Bertz CT molecular complexity index is 1020. The molecular weight excluding hydrogens is 367 g/mol. The van der Waals surface area contributed by atoms with Gasteiger partial charge in [0.15, 0.2) is 12.9 Å². The molecule has 1 unspecified atom stereocenters. The monoisotopic (exact) mass is 392 g/mol. The van der Waals surface area contributed by atoms with E-state index in [1.54, 1.807) is 6.20 Å². The Balaban J connectivity index is 2.05. The molecule has 1 aromatic heterocycles. The first-order valence-corrected chi connectivity index (χ1v) is 11.2. The van der Waals surface area contributed by atoms with Crippen molar-refractivity contribution in [1.29, 1.82) is 0 Å². The van der Waals surface area contributed by atoms with E-state index in [0.29, 0.717) is 0 Å². The second kappa shape index (κ2) is 6.75. The Morgan fingerprint density at radius 3 is 2.00 bits per heavy atom.